The molecule has 10 heteroatoms. The lowest BCUT2D eigenvalue weighted by Crippen LogP contribution is -2.42. The van der Waals surface area contributed by atoms with Gasteiger partial charge in [0.2, 0.25) is 5.91 Å². The van der Waals surface area contributed by atoms with Crippen molar-refractivity contribution in [3.63, 3.8) is 0 Å². The van der Waals surface area contributed by atoms with E-state index in [-0.39, 0.29) is 23.7 Å². The highest BCUT2D eigenvalue weighted by Crippen LogP contribution is 2.25. The van der Waals surface area contributed by atoms with Gasteiger partial charge in [0.25, 0.3) is 12.3 Å². The summed E-state index contributed by atoms with van der Waals surface area (Å²) in [6.45, 7) is 3.13. The second-order valence-corrected chi connectivity index (χ2v) is 7.38. The molecule has 2 N–H and O–H groups in total. The third-order valence-electron chi connectivity index (χ3n) is 5.22. The zero-order chi connectivity index (χ0) is 21.8. The number of piperidine rings is 1. The zero-order valence-corrected chi connectivity index (χ0v) is 16.8. The van der Waals surface area contributed by atoms with Gasteiger partial charge in [-0.2, -0.15) is 5.10 Å². The van der Waals surface area contributed by atoms with Crippen LogP contribution in [0.3, 0.4) is 0 Å². The third-order valence-corrected chi connectivity index (χ3v) is 5.22. The average Bonchev–Trinajstić information content (AvgIpc) is 3.08. The minimum absolute atomic E-state index is 0.216. The normalized spacial score (nSPS) is 17.2. The molecule has 1 saturated heterocycles. The van der Waals surface area contributed by atoms with Gasteiger partial charge in [-0.1, -0.05) is 6.42 Å². The Morgan fingerprint density at radius 1 is 1.27 bits per heavy atom. The van der Waals surface area contributed by atoms with Crippen LogP contribution in [-0.2, 0) is 11.8 Å². The van der Waals surface area contributed by atoms with Crippen molar-refractivity contribution in [1.29, 1.82) is 0 Å². The summed E-state index contributed by atoms with van der Waals surface area (Å²) in [6, 6.07) is 4.03. The van der Waals surface area contributed by atoms with Gasteiger partial charge in [-0.3, -0.25) is 19.2 Å². The maximum absolute atomic E-state index is 14.2. The first kappa shape index (κ1) is 21.8. The van der Waals surface area contributed by atoms with Crippen LogP contribution >= 0.6 is 0 Å². The molecule has 1 fully saturated rings. The molecule has 1 unspecified atom stereocenters. The molecule has 3 rings (SSSR count). The van der Waals surface area contributed by atoms with Gasteiger partial charge < -0.3 is 10.6 Å². The molecule has 0 aliphatic carbocycles. The fourth-order valence-corrected chi connectivity index (χ4v) is 3.55. The Balaban J connectivity index is 1.69. The highest BCUT2D eigenvalue weighted by molar-refractivity contribution is 6.05. The Labute approximate surface area is 172 Å². The predicted molar refractivity (Wildman–Crippen MR) is 106 cm³/mol. The number of carbonyl (C=O) groups excluding carboxylic acids is 2. The predicted octanol–water partition coefficient (Wildman–Crippen LogP) is 3.56. The molecule has 1 aliphatic rings. The summed E-state index contributed by atoms with van der Waals surface area (Å²) in [7, 11) is 1.29. The molecule has 7 nitrogen and oxygen atoms in total. The van der Waals surface area contributed by atoms with Crippen LogP contribution in [0.15, 0.2) is 24.4 Å². The van der Waals surface area contributed by atoms with Gasteiger partial charge >= 0.3 is 0 Å². The minimum atomic E-state index is -2.91. The first-order valence-electron chi connectivity index (χ1n) is 9.71. The summed E-state index contributed by atoms with van der Waals surface area (Å²) in [5.41, 5.74) is -0.844. The molecule has 30 heavy (non-hydrogen) atoms. The van der Waals surface area contributed by atoms with Crippen LogP contribution in [0.2, 0.25) is 0 Å². The molecule has 1 aromatic heterocycles. The number of nitrogens with one attached hydrogen (secondary N) is 2. The molecular formula is C20H24F3N5O2. The number of alkyl halides is 2. The molecule has 0 saturated carbocycles. The van der Waals surface area contributed by atoms with E-state index in [0.29, 0.717) is 11.7 Å². The molecule has 0 radical (unpaired) electrons. The van der Waals surface area contributed by atoms with Gasteiger partial charge in [0.05, 0.1) is 24.0 Å². The van der Waals surface area contributed by atoms with Crippen molar-refractivity contribution in [2.45, 2.75) is 38.7 Å². The maximum Gasteiger partial charge on any atom is 0.280 e. The number of hydrogen-bond acceptors (Lipinski definition) is 4. The number of nitrogens with zero attached hydrogens (tertiary/aromatic N) is 3. The van der Waals surface area contributed by atoms with Crippen molar-refractivity contribution in [1.82, 2.24) is 14.7 Å². The van der Waals surface area contributed by atoms with E-state index in [1.807, 2.05) is 0 Å². The average molecular weight is 423 g/mol. The summed E-state index contributed by atoms with van der Waals surface area (Å²) in [6.07, 6.45) is 1.31. The quantitative estimate of drug-likeness (QED) is 0.745. The van der Waals surface area contributed by atoms with E-state index < -0.39 is 23.8 Å². The highest BCUT2D eigenvalue weighted by Gasteiger charge is 2.24. The minimum Gasteiger partial charge on any atom is -0.325 e. The summed E-state index contributed by atoms with van der Waals surface area (Å²) in [4.78, 5) is 26.8. The third kappa shape index (κ3) is 4.99. The van der Waals surface area contributed by atoms with Gasteiger partial charge in [-0.05, 0) is 44.5 Å². The molecule has 1 aliphatic heterocycles. The van der Waals surface area contributed by atoms with Crippen LogP contribution in [-0.4, -0.2) is 45.6 Å². The number of benzene rings is 1. The number of aromatic nitrogens is 2. The van der Waals surface area contributed by atoms with E-state index in [2.05, 4.69) is 27.6 Å². The van der Waals surface area contributed by atoms with Crippen LogP contribution in [0.25, 0.3) is 0 Å². The number of halogens is 3. The van der Waals surface area contributed by atoms with Crippen LogP contribution in [0.1, 0.15) is 48.7 Å². The molecule has 0 bridgehead atoms. The fraction of sp³-hybridized carbons (Fsp3) is 0.450. The first-order valence-corrected chi connectivity index (χ1v) is 9.71. The first-order chi connectivity index (χ1) is 14.3. The molecule has 0 spiro atoms. The van der Waals surface area contributed by atoms with Crippen LogP contribution in [0.5, 0.6) is 0 Å². The highest BCUT2D eigenvalue weighted by atomic mass is 19.3. The largest absolute Gasteiger partial charge is 0.325 e. The van der Waals surface area contributed by atoms with Gasteiger partial charge in [-0.25, -0.2) is 13.2 Å². The van der Waals surface area contributed by atoms with E-state index in [9.17, 15) is 22.8 Å². The van der Waals surface area contributed by atoms with Crippen molar-refractivity contribution in [3.8, 4) is 0 Å². The molecule has 2 heterocycles. The van der Waals surface area contributed by atoms with E-state index in [1.165, 1.54) is 19.2 Å². The SMILES string of the molecule is CC1CCCCN1CC(=O)Nc1ccc(F)c(NC(=O)c2cnn(C)c2C(F)F)c1. The van der Waals surface area contributed by atoms with Crippen molar-refractivity contribution in [2.75, 3.05) is 23.7 Å². The summed E-state index contributed by atoms with van der Waals surface area (Å²) in [5, 5.41) is 8.63. The topological polar surface area (TPSA) is 79.3 Å². The number of likely N-dealkylation sites (tertiary alicyclic amines) is 1. The molecular weight excluding hydrogens is 399 g/mol. The second kappa shape index (κ2) is 9.29. The van der Waals surface area contributed by atoms with Gasteiger partial charge in [0, 0.05) is 18.8 Å². The van der Waals surface area contributed by atoms with E-state index >= 15 is 0 Å². The molecule has 162 valence electrons. The van der Waals surface area contributed by atoms with Gasteiger partial charge in [-0.15, -0.1) is 0 Å². The lowest BCUT2D eigenvalue weighted by Gasteiger charge is -2.32. The van der Waals surface area contributed by atoms with E-state index in [0.717, 1.165) is 42.8 Å². The smallest absolute Gasteiger partial charge is 0.280 e. The van der Waals surface area contributed by atoms with E-state index in [4.69, 9.17) is 0 Å². The summed E-state index contributed by atoms with van der Waals surface area (Å²) < 4.78 is 41.4. The van der Waals surface area contributed by atoms with Crippen LogP contribution in [0.4, 0.5) is 24.5 Å². The maximum atomic E-state index is 14.2. The lowest BCUT2D eigenvalue weighted by atomic mass is 10.0. The summed E-state index contributed by atoms with van der Waals surface area (Å²) >= 11 is 0. The Morgan fingerprint density at radius 2 is 2.03 bits per heavy atom. The molecule has 2 amide bonds. The Kier molecular flexibility index (Phi) is 6.76. The van der Waals surface area contributed by atoms with Gasteiger partial charge in [0.1, 0.15) is 11.5 Å². The lowest BCUT2D eigenvalue weighted by molar-refractivity contribution is -0.118. The molecule has 1 aromatic carbocycles. The Hall–Kier alpha value is -2.88. The summed E-state index contributed by atoms with van der Waals surface area (Å²) in [5.74, 6) is -1.92. The van der Waals surface area contributed by atoms with Crippen molar-refractivity contribution in [2.24, 2.45) is 7.05 Å². The Bertz CT molecular complexity index is 931. The fourth-order valence-electron chi connectivity index (χ4n) is 3.55. The van der Waals surface area contributed by atoms with Crippen molar-refractivity contribution >= 4 is 23.2 Å². The Morgan fingerprint density at radius 3 is 2.73 bits per heavy atom. The molecule has 2 aromatic rings. The second-order valence-electron chi connectivity index (χ2n) is 7.38. The monoisotopic (exact) mass is 423 g/mol. The number of carbonyl (C=O) groups is 2. The molecule has 1 atom stereocenters. The number of amides is 2. The number of rotatable bonds is 6. The zero-order valence-electron chi connectivity index (χ0n) is 16.8. The van der Waals surface area contributed by atoms with Crippen LogP contribution in [0, 0.1) is 5.82 Å². The van der Waals surface area contributed by atoms with Crippen molar-refractivity contribution in [3.05, 3.63) is 41.5 Å². The number of hydrogen-bond donors (Lipinski definition) is 2. The van der Waals surface area contributed by atoms with E-state index in [1.54, 1.807) is 0 Å². The standard InChI is InChI=1S/C20H24F3N5O2/c1-12-5-3-4-8-28(12)11-17(29)25-13-6-7-15(21)16(9-13)26-20(30)14-10-24-27(2)18(14)19(22)23/h6-7,9-10,12,19H,3-5,8,11H2,1-2H3,(H,25,29)(H,26,30). The number of aryl methyl sites for hydroxylation is 1. The van der Waals surface area contributed by atoms with Crippen molar-refractivity contribution < 1.29 is 22.8 Å². The van der Waals surface area contributed by atoms with Gasteiger partial charge in [0.15, 0.2) is 0 Å². The van der Waals surface area contributed by atoms with Crippen LogP contribution < -0.4 is 10.6 Å². The number of anilines is 2.